The van der Waals surface area contributed by atoms with E-state index in [1.54, 1.807) is 0 Å². The molecule has 1 saturated carbocycles. The Morgan fingerprint density at radius 3 is 2.18 bits per heavy atom. The minimum Gasteiger partial charge on any atom is -0.326 e. The smallest absolute Gasteiger partial charge is 0.326 e. The maximum absolute atomic E-state index is 13.9. The first-order valence-electron chi connectivity index (χ1n) is 10.4. The van der Waals surface area contributed by atoms with Gasteiger partial charge in [-0.1, -0.05) is 34.8 Å². The summed E-state index contributed by atoms with van der Waals surface area (Å²) in [5, 5.41) is 3.59. The lowest BCUT2D eigenvalue weighted by molar-refractivity contribution is -0.137. The first kappa shape index (κ1) is 28.7. The Bertz CT molecular complexity index is 1460. The highest BCUT2D eigenvalue weighted by Gasteiger charge is 2.68. The summed E-state index contributed by atoms with van der Waals surface area (Å²) < 4.78 is 65.4. The molecule has 0 aliphatic heterocycles. The molecule has 0 spiro atoms. The van der Waals surface area contributed by atoms with Crippen molar-refractivity contribution >= 4 is 81.2 Å². The van der Waals surface area contributed by atoms with Crippen molar-refractivity contribution < 1.29 is 31.5 Å². The van der Waals surface area contributed by atoms with Crippen LogP contribution in [0.2, 0.25) is 15.1 Å². The van der Waals surface area contributed by atoms with Crippen LogP contribution in [0.5, 0.6) is 0 Å². The van der Waals surface area contributed by atoms with E-state index in [0.717, 1.165) is 24.3 Å². The Kier molecular flexibility index (Phi) is 7.82. The minimum absolute atomic E-state index is 0.0469. The second kappa shape index (κ2) is 10.4. The molecule has 14 heteroatoms. The number of benzene rings is 3. The maximum Gasteiger partial charge on any atom is 0.417 e. The van der Waals surface area contributed by atoms with Gasteiger partial charge in [-0.05, 0) is 48.0 Å². The maximum atomic E-state index is 13.9. The molecule has 2 amide bonds. The molecule has 0 radical (unpaired) electrons. The van der Waals surface area contributed by atoms with Gasteiger partial charge in [-0.15, -0.1) is 23.2 Å². The number of alkyl halides is 5. The fourth-order valence-corrected chi connectivity index (χ4v) is 5.32. The minimum atomic E-state index is -4.82. The van der Waals surface area contributed by atoms with Crippen LogP contribution in [0.1, 0.15) is 27.4 Å². The monoisotopic (exact) mass is 630 g/mol. The summed E-state index contributed by atoms with van der Waals surface area (Å²) in [6.45, 7) is 0. The number of nitrogens with one attached hydrogen (secondary N) is 2. The van der Waals surface area contributed by atoms with Gasteiger partial charge >= 0.3 is 6.18 Å². The summed E-state index contributed by atoms with van der Waals surface area (Å²) in [5.41, 5.74) is -1.67. The molecule has 0 heterocycles. The number of hydrogen-bond acceptors (Lipinski definition) is 2. The van der Waals surface area contributed by atoms with Gasteiger partial charge in [0.25, 0.3) is 5.91 Å². The number of halogens is 10. The van der Waals surface area contributed by atoms with E-state index in [-0.39, 0.29) is 27.5 Å². The highest BCUT2D eigenvalue weighted by molar-refractivity contribution is 6.53. The van der Waals surface area contributed by atoms with Crippen molar-refractivity contribution in [3.05, 3.63) is 91.9 Å². The van der Waals surface area contributed by atoms with Crippen molar-refractivity contribution in [3.8, 4) is 0 Å². The molecule has 4 rings (SSSR count). The van der Waals surface area contributed by atoms with Gasteiger partial charge in [-0.3, -0.25) is 9.59 Å². The van der Waals surface area contributed by atoms with E-state index in [2.05, 4.69) is 10.6 Å². The van der Waals surface area contributed by atoms with Gasteiger partial charge in [-0.25, -0.2) is 8.78 Å². The van der Waals surface area contributed by atoms with E-state index >= 15 is 0 Å². The van der Waals surface area contributed by atoms with Gasteiger partial charge in [0.05, 0.1) is 37.8 Å². The van der Waals surface area contributed by atoms with Crippen molar-refractivity contribution in [1.29, 1.82) is 0 Å². The average molecular weight is 633 g/mol. The SMILES string of the molecule is O=C(Nc1ccc(F)cc1F)c1cc(NC(=O)[C@H]2[C@@H](c3cc(Cl)c(Cl)c(C(F)(F)F)c3)C2(Cl)Cl)ccc1Cl. The van der Waals surface area contributed by atoms with Crippen molar-refractivity contribution in [2.45, 2.75) is 16.4 Å². The molecule has 0 saturated heterocycles. The summed E-state index contributed by atoms with van der Waals surface area (Å²) in [7, 11) is 0. The molecule has 3 aromatic carbocycles. The second-order valence-electron chi connectivity index (χ2n) is 8.25. The average Bonchev–Trinajstić information content (AvgIpc) is 3.39. The predicted octanol–water partition coefficient (Wildman–Crippen LogP) is 8.72. The molecule has 4 nitrogen and oxygen atoms in total. The Morgan fingerprint density at radius 1 is 0.868 bits per heavy atom. The van der Waals surface area contributed by atoms with Crippen molar-refractivity contribution in [2.75, 3.05) is 10.6 Å². The van der Waals surface area contributed by atoms with E-state index in [1.807, 2.05) is 0 Å². The molecule has 2 N–H and O–H groups in total. The fourth-order valence-electron chi connectivity index (χ4n) is 3.84. The summed E-state index contributed by atoms with van der Waals surface area (Å²) in [6, 6.07) is 8.22. The number of carbonyl (C=O) groups excluding carboxylic acids is 2. The van der Waals surface area contributed by atoms with E-state index < -0.39 is 61.4 Å². The molecule has 200 valence electrons. The summed E-state index contributed by atoms with van der Waals surface area (Å²) >= 11 is 30.1. The zero-order valence-electron chi connectivity index (χ0n) is 18.4. The normalized spacial score (nSPS) is 18.2. The van der Waals surface area contributed by atoms with Crippen LogP contribution in [-0.2, 0) is 11.0 Å². The number of anilines is 2. The van der Waals surface area contributed by atoms with Gasteiger partial charge in [0.2, 0.25) is 5.91 Å². The molecular weight excluding hydrogens is 621 g/mol. The summed E-state index contributed by atoms with van der Waals surface area (Å²) in [4.78, 5) is 25.6. The number of carbonyl (C=O) groups is 2. The molecule has 3 aromatic rings. The predicted molar refractivity (Wildman–Crippen MR) is 137 cm³/mol. The highest BCUT2D eigenvalue weighted by atomic mass is 35.5. The van der Waals surface area contributed by atoms with Crippen molar-refractivity contribution in [3.63, 3.8) is 0 Å². The van der Waals surface area contributed by atoms with Crippen LogP contribution < -0.4 is 10.6 Å². The molecule has 38 heavy (non-hydrogen) atoms. The third kappa shape index (κ3) is 5.67. The van der Waals surface area contributed by atoms with Crippen LogP contribution in [0, 0.1) is 17.6 Å². The molecular formula is C24H12Cl5F5N2O2. The number of amides is 2. The van der Waals surface area contributed by atoms with E-state index in [9.17, 15) is 31.5 Å². The lowest BCUT2D eigenvalue weighted by Gasteiger charge is -2.13. The molecule has 2 atom stereocenters. The molecule has 1 aliphatic rings. The second-order valence-corrected chi connectivity index (χ2v) is 10.9. The number of rotatable bonds is 5. The van der Waals surface area contributed by atoms with Gasteiger partial charge in [0.15, 0.2) is 0 Å². The number of hydrogen-bond donors (Lipinski definition) is 2. The van der Waals surface area contributed by atoms with Gasteiger partial charge < -0.3 is 10.6 Å². The Labute approximate surface area is 236 Å². The van der Waals surface area contributed by atoms with Gasteiger partial charge in [0, 0.05) is 17.7 Å². The van der Waals surface area contributed by atoms with E-state index in [4.69, 9.17) is 58.0 Å². The third-order valence-corrected chi connectivity index (χ3v) is 7.78. The van der Waals surface area contributed by atoms with E-state index in [0.29, 0.717) is 6.07 Å². The fraction of sp³-hybridized carbons (Fsp3) is 0.167. The zero-order valence-corrected chi connectivity index (χ0v) is 22.1. The zero-order chi connectivity index (χ0) is 28.2. The Balaban J connectivity index is 1.55. The summed E-state index contributed by atoms with van der Waals surface area (Å²) in [5.74, 6) is -5.73. The van der Waals surface area contributed by atoms with E-state index in [1.165, 1.54) is 18.2 Å². The van der Waals surface area contributed by atoms with Crippen LogP contribution in [0.15, 0.2) is 48.5 Å². The Hall–Kier alpha value is -2.30. The highest BCUT2D eigenvalue weighted by Crippen LogP contribution is 2.66. The molecule has 0 unspecified atom stereocenters. The first-order valence-corrected chi connectivity index (χ1v) is 12.3. The topological polar surface area (TPSA) is 58.2 Å². The standard InChI is InChI=1S/C24H12Cl5F5N2O2/c25-14-3-2-11(8-12(14)21(37)36-17-4-1-10(30)7-16(17)31)35-22(38)19-18(23(19,28)29)9-5-13(24(32,33)34)20(27)15(26)6-9/h1-8,18-19H,(H,35,38)(H,36,37)/t18-,19-/m1/s1. The van der Waals surface area contributed by atoms with Crippen LogP contribution in [-0.4, -0.2) is 16.1 Å². The molecule has 0 bridgehead atoms. The molecule has 0 aromatic heterocycles. The van der Waals surface area contributed by atoms with Gasteiger partial charge in [0.1, 0.15) is 16.0 Å². The molecule has 1 aliphatic carbocycles. The first-order chi connectivity index (χ1) is 17.6. The lowest BCUT2D eigenvalue weighted by Crippen LogP contribution is -2.18. The Morgan fingerprint density at radius 2 is 1.55 bits per heavy atom. The quantitative estimate of drug-likeness (QED) is 0.218. The van der Waals surface area contributed by atoms with Crippen LogP contribution in [0.25, 0.3) is 0 Å². The lowest BCUT2D eigenvalue weighted by atomic mass is 10.0. The van der Waals surface area contributed by atoms with Crippen LogP contribution in [0.3, 0.4) is 0 Å². The van der Waals surface area contributed by atoms with Crippen LogP contribution in [0.4, 0.5) is 33.3 Å². The largest absolute Gasteiger partial charge is 0.417 e. The van der Waals surface area contributed by atoms with Gasteiger partial charge in [-0.2, -0.15) is 13.2 Å². The third-order valence-electron chi connectivity index (χ3n) is 5.71. The van der Waals surface area contributed by atoms with Crippen molar-refractivity contribution in [2.24, 2.45) is 5.92 Å². The van der Waals surface area contributed by atoms with Crippen LogP contribution >= 0.6 is 58.0 Å². The van der Waals surface area contributed by atoms with Crippen molar-refractivity contribution in [1.82, 2.24) is 0 Å². The molecule has 1 fully saturated rings. The summed E-state index contributed by atoms with van der Waals surface area (Å²) in [6.07, 6.45) is -4.82.